The van der Waals surface area contributed by atoms with Crippen molar-refractivity contribution in [2.24, 2.45) is 0 Å². The third-order valence-corrected chi connectivity index (χ3v) is 2.87. The number of rotatable bonds is 4. The van der Waals surface area contributed by atoms with Crippen LogP contribution in [0.3, 0.4) is 0 Å². The fraction of sp³-hybridized carbons (Fsp3) is 0.462. The minimum absolute atomic E-state index is 0. The van der Waals surface area contributed by atoms with Crippen LogP contribution in [0, 0.1) is 0 Å². The first kappa shape index (κ1) is 15.6. The second kappa shape index (κ2) is 7.21. The maximum atomic E-state index is 12.1. The summed E-state index contributed by atoms with van der Waals surface area (Å²) in [6.07, 6.45) is 0. The van der Waals surface area contributed by atoms with Crippen LogP contribution >= 0.6 is 12.4 Å². The van der Waals surface area contributed by atoms with Gasteiger partial charge in [-0.25, -0.2) is 0 Å². The van der Waals surface area contributed by atoms with Crippen molar-refractivity contribution in [2.75, 3.05) is 26.8 Å². The predicted octanol–water partition coefficient (Wildman–Crippen LogP) is 1.22. The number of ether oxygens (including phenoxy) is 2. The smallest absolute Gasteiger partial charge is 0.255 e. The zero-order valence-electron chi connectivity index (χ0n) is 11.1. The van der Waals surface area contributed by atoms with Crippen LogP contribution in [0.25, 0.3) is 0 Å². The van der Waals surface area contributed by atoms with Crippen LogP contribution in [0.4, 0.5) is 0 Å². The summed E-state index contributed by atoms with van der Waals surface area (Å²) in [4.78, 5) is 12.1. The van der Waals surface area contributed by atoms with E-state index in [1.165, 1.54) is 0 Å². The molecule has 0 aromatic heterocycles. The third kappa shape index (κ3) is 3.75. The standard InChI is InChI=1S/C13H18N2O3.ClH/c1-9(14-2)8-15-13(16)10-4-3-5-11-12(10)18-7-6-17-11;/h3-5,9,14H,6-8H2,1-2H3,(H,15,16);1H. The van der Waals surface area contributed by atoms with Crippen molar-refractivity contribution in [3.05, 3.63) is 23.8 Å². The van der Waals surface area contributed by atoms with Crippen molar-refractivity contribution in [1.29, 1.82) is 0 Å². The molecule has 5 nitrogen and oxygen atoms in total. The molecule has 1 unspecified atom stereocenters. The van der Waals surface area contributed by atoms with Gasteiger partial charge in [-0.05, 0) is 26.1 Å². The molecule has 2 rings (SSSR count). The Bertz CT molecular complexity index is 440. The fourth-order valence-corrected chi connectivity index (χ4v) is 1.70. The van der Waals surface area contributed by atoms with E-state index in [9.17, 15) is 4.79 Å². The highest BCUT2D eigenvalue weighted by molar-refractivity contribution is 5.97. The largest absolute Gasteiger partial charge is 0.486 e. The molecule has 1 amide bonds. The highest BCUT2D eigenvalue weighted by Gasteiger charge is 2.20. The second-order valence-corrected chi connectivity index (χ2v) is 4.23. The summed E-state index contributed by atoms with van der Waals surface area (Å²) < 4.78 is 11.0. The molecular formula is C13H19ClN2O3. The molecule has 0 saturated carbocycles. The van der Waals surface area contributed by atoms with Crippen LogP contribution in [-0.2, 0) is 0 Å². The van der Waals surface area contributed by atoms with E-state index in [-0.39, 0.29) is 24.4 Å². The fourth-order valence-electron chi connectivity index (χ4n) is 1.70. The second-order valence-electron chi connectivity index (χ2n) is 4.23. The van der Waals surface area contributed by atoms with Crippen molar-refractivity contribution in [3.8, 4) is 11.5 Å². The summed E-state index contributed by atoms with van der Waals surface area (Å²) in [5.41, 5.74) is 0.524. The van der Waals surface area contributed by atoms with Gasteiger partial charge in [-0.15, -0.1) is 12.4 Å². The lowest BCUT2D eigenvalue weighted by molar-refractivity contribution is 0.0939. The Morgan fingerprint density at radius 3 is 2.84 bits per heavy atom. The van der Waals surface area contributed by atoms with Crippen LogP contribution in [0.1, 0.15) is 17.3 Å². The molecule has 2 N–H and O–H groups in total. The van der Waals surface area contributed by atoms with Crippen LogP contribution in [0.15, 0.2) is 18.2 Å². The Hall–Kier alpha value is -1.46. The monoisotopic (exact) mass is 286 g/mol. The first-order chi connectivity index (χ1) is 8.72. The molecule has 0 bridgehead atoms. The number of halogens is 1. The minimum atomic E-state index is -0.139. The molecule has 0 spiro atoms. The Labute approximate surface area is 119 Å². The van der Waals surface area contributed by atoms with Crippen molar-refractivity contribution < 1.29 is 14.3 Å². The molecule has 1 aliphatic heterocycles. The number of amides is 1. The van der Waals surface area contributed by atoms with Crippen molar-refractivity contribution >= 4 is 18.3 Å². The summed E-state index contributed by atoms with van der Waals surface area (Å²) >= 11 is 0. The predicted molar refractivity (Wildman–Crippen MR) is 75.5 cm³/mol. The molecule has 1 aliphatic rings. The summed E-state index contributed by atoms with van der Waals surface area (Å²) in [5, 5.41) is 5.93. The molecule has 0 radical (unpaired) electrons. The topological polar surface area (TPSA) is 59.6 Å². The van der Waals surface area contributed by atoms with Gasteiger partial charge >= 0.3 is 0 Å². The van der Waals surface area contributed by atoms with E-state index in [1.807, 2.05) is 20.0 Å². The SMILES string of the molecule is CNC(C)CNC(=O)c1cccc2c1OCCO2.Cl. The molecule has 1 aromatic carbocycles. The van der Waals surface area contributed by atoms with Gasteiger partial charge in [0.15, 0.2) is 11.5 Å². The normalized spacial score (nSPS) is 14.2. The van der Waals surface area contributed by atoms with E-state index < -0.39 is 0 Å². The average Bonchev–Trinajstić information content (AvgIpc) is 2.43. The maximum Gasteiger partial charge on any atom is 0.255 e. The van der Waals surface area contributed by atoms with E-state index in [1.54, 1.807) is 12.1 Å². The zero-order chi connectivity index (χ0) is 13.0. The van der Waals surface area contributed by atoms with Crippen LogP contribution < -0.4 is 20.1 Å². The minimum Gasteiger partial charge on any atom is -0.486 e. The molecular weight excluding hydrogens is 268 g/mol. The van der Waals surface area contributed by atoms with Gasteiger partial charge in [-0.2, -0.15) is 0 Å². The van der Waals surface area contributed by atoms with Crippen molar-refractivity contribution in [3.63, 3.8) is 0 Å². The van der Waals surface area contributed by atoms with Crippen molar-refractivity contribution in [1.82, 2.24) is 10.6 Å². The Balaban J connectivity index is 0.00000180. The lowest BCUT2D eigenvalue weighted by Crippen LogP contribution is -2.37. The number of carbonyl (C=O) groups is 1. The van der Waals surface area contributed by atoms with Crippen LogP contribution in [0.2, 0.25) is 0 Å². The molecule has 1 heterocycles. The molecule has 6 heteroatoms. The quantitative estimate of drug-likeness (QED) is 0.874. The van der Waals surface area contributed by atoms with Crippen molar-refractivity contribution in [2.45, 2.75) is 13.0 Å². The first-order valence-electron chi connectivity index (χ1n) is 6.06. The van der Waals surface area contributed by atoms with Gasteiger partial charge in [0.2, 0.25) is 0 Å². The Kier molecular flexibility index (Phi) is 5.92. The highest BCUT2D eigenvalue weighted by Crippen LogP contribution is 2.33. The number of carbonyl (C=O) groups excluding carboxylic acids is 1. The van der Waals surface area contributed by atoms with E-state index in [4.69, 9.17) is 9.47 Å². The summed E-state index contributed by atoms with van der Waals surface area (Å²) in [5.74, 6) is 1.04. The van der Waals surface area contributed by atoms with E-state index in [2.05, 4.69) is 10.6 Å². The Morgan fingerprint density at radius 2 is 2.11 bits per heavy atom. The number of fused-ring (bicyclic) bond motifs is 1. The van der Waals surface area contributed by atoms with Gasteiger partial charge in [0, 0.05) is 12.6 Å². The molecule has 19 heavy (non-hydrogen) atoms. The molecule has 0 aliphatic carbocycles. The maximum absolute atomic E-state index is 12.1. The number of nitrogens with one attached hydrogen (secondary N) is 2. The third-order valence-electron chi connectivity index (χ3n) is 2.87. The zero-order valence-corrected chi connectivity index (χ0v) is 11.9. The molecule has 1 atom stereocenters. The van der Waals surface area contributed by atoms with Gasteiger partial charge in [0.1, 0.15) is 13.2 Å². The molecule has 1 aromatic rings. The summed E-state index contributed by atoms with van der Waals surface area (Å²) in [6, 6.07) is 5.57. The lowest BCUT2D eigenvalue weighted by atomic mass is 10.1. The Morgan fingerprint density at radius 1 is 1.37 bits per heavy atom. The number of likely N-dealkylation sites (N-methyl/N-ethyl adjacent to an activating group) is 1. The van der Waals surface area contributed by atoms with Gasteiger partial charge in [-0.3, -0.25) is 4.79 Å². The molecule has 0 fully saturated rings. The van der Waals surface area contributed by atoms with E-state index in [0.717, 1.165) is 0 Å². The molecule has 0 saturated heterocycles. The number of hydrogen-bond donors (Lipinski definition) is 2. The van der Waals surface area contributed by atoms with Crippen LogP contribution in [-0.4, -0.2) is 38.8 Å². The first-order valence-corrected chi connectivity index (χ1v) is 6.06. The van der Waals surface area contributed by atoms with Gasteiger partial charge in [-0.1, -0.05) is 6.07 Å². The van der Waals surface area contributed by atoms with E-state index in [0.29, 0.717) is 36.8 Å². The number of benzene rings is 1. The van der Waals surface area contributed by atoms with E-state index >= 15 is 0 Å². The summed E-state index contributed by atoms with van der Waals surface area (Å²) in [6.45, 7) is 3.57. The summed E-state index contributed by atoms with van der Waals surface area (Å²) in [7, 11) is 1.86. The lowest BCUT2D eigenvalue weighted by Gasteiger charge is -2.21. The number of hydrogen-bond acceptors (Lipinski definition) is 4. The van der Waals surface area contributed by atoms with Crippen LogP contribution in [0.5, 0.6) is 11.5 Å². The van der Waals surface area contributed by atoms with Gasteiger partial charge in [0.05, 0.1) is 5.56 Å². The highest BCUT2D eigenvalue weighted by atomic mass is 35.5. The average molecular weight is 287 g/mol. The van der Waals surface area contributed by atoms with Gasteiger partial charge in [0.25, 0.3) is 5.91 Å². The number of para-hydroxylation sites is 1. The van der Waals surface area contributed by atoms with Gasteiger partial charge < -0.3 is 20.1 Å². The molecule has 106 valence electrons.